The lowest BCUT2D eigenvalue weighted by Crippen LogP contribution is -2.64. The van der Waals surface area contributed by atoms with Gasteiger partial charge in [-0.15, -0.1) is 0 Å². The SMILES string of the molecule is FC(F)=CC(F)(F)CC(F)(F)CC(F)(F)CC(F)(C(F)(F)F)C(F)(F)C(F)(F)F. The summed E-state index contributed by atoms with van der Waals surface area (Å²) in [4.78, 5) is 0. The first-order chi connectivity index (χ1) is 12.3. The average Bonchev–Trinajstić information content (AvgIpc) is 2.29. The molecule has 174 valence electrons. The standard InChI is InChI=1S/C12H7F17/c13-5(14)1-6(15,16)2-7(17,18)3-8(19,20)4-9(21,11(24,25)26)10(22,23)12(27,28)29/h1H,2-4H2. The molecular weight excluding hydrogens is 467 g/mol. The second-order valence-electron chi connectivity index (χ2n) is 5.81. The highest BCUT2D eigenvalue weighted by molar-refractivity contribution is 5.07. The maximum absolute atomic E-state index is 13.6. The molecule has 0 spiro atoms. The summed E-state index contributed by atoms with van der Waals surface area (Å²) in [6, 6.07) is 0. The summed E-state index contributed by atoms with van der Waals surface area (Å²) in [6.45, 7) is 0. The van der Waals surface area contributed by atoms with E-state index in [0.717, 1.165) is 0 Å². The van der Waals surface area contributed by atoms with Gasteiger partial charge in [0.25, 0.3) is 29.5 Å². The molecule has 0 aromatic heterocycles. The molecule has 0 saturated carbocycles. The molecule has 0 heterocycles. The Morgan fingerprint density at radius 2 is 0.897 bits per heavy atom. The van der Waals surface area contributed by atoms with E-state index in [2.05, 4.69) is 0 Å². The summed E-state index contributed by atoms with van der Waals surface area (Å²) in [5, 5.41) is 0. The lowest BCUT2D eigenvalue weighted by atomic mass is 9.86. The fraction of sp³-hybridized carbons (Fsp3) is 0.833. The van der Waals surface area contributed by atoms with Gasteiger partial charge in [0.2, 0.25) is 0 Å². The first kappa shape index (κ1) is 27.5. The van der Waals surface area contributed by atoms with Crippen molar-refractivity contribution in [1.82, 2.24) is 0 Å². The van der Waals surface area contributed by atoms with E-state index in [-0.39, 0.29) is 0 Å². The van der Waals surface area contributed by atoms with Gasteiger partial charge in [0.05, 0.1) is 19.3 Å². The Morgan fingerprint density at radius 1 is 0.517 bits per heavy atom. The molecule has 29 heavy (non-hydrogen) atoms. The Balaban J connectivity index is 5.92. The maximum atomic E-state index is 13.6. The summed E-state index contributed by atoms with van der Waals surface area (Å²) >= 11 is 0. The summed E-state index contributed by atoms with van der Waals surface area (Å²) in [5.41, 5.74) is -7.12. The summed E-state index contributed by atoms with van der Waals surface area (Å²) in [6.07, 6.45) is -30.5. The van der Waals surface area contributed by atoms with Crippen LogP contribution in [0.5, 0.6) is 0 Å². The topological polar surface area (TPSA) is 0 Å². The zero-order valence-electron chi connectivity index (χ0n) is 13.1. The minimum atomic E-state index is -7.54. The number of rotatable bonds is 8. The van der Waals surface area contributed by atoms with Gasteiger partial charge in [0, 0.05) is 6.08 Å². The maximum Gasteiger partial charge on any atom is 0.457 e. The molecule has 0 N–H and O–H groups in total. The molecule has 0 bridgehead atoms. The van der Waals surface area contributed by atoms with Gasteiger partial charge in [-0.1, -0.05) is 0 Å². The van der Waals surface area contributed by atoms with Gasteiger partial charge in [0.15, 0.2) is 0 Å². The third-order valence-electron chi connectivity index (χ3n) is 3.14. The second kappa shape index (κ2) is 7.67. The van der Waals surface area contributed by atoms with Crippen LogP contribution in [0.1, 0.15) is 19.3 Å². The third-order valence-corrected chi connectivity index (χ3v) is 3.14. The third kappa shape index (κ3) is 6.79. The molecule has 0 fully saturated rings. The highest BCUT2D eigenvalue weighted by Crippen LogP contribution is 2.57. The fourth-order valence-corrected chi connectivity index (χ4v) is 2.03. The highest BCUT2D eigenvalue weighted by Gasteiger charge is 2.82. The van der Waals surface area contributed by atoms with Crippen molar-refractivity contribution in [2.24, 2.45) is 0 Å². The second-order valence-corrected chi connectivity index (χ2v) is 5.81. The number of halogens is 17. The van der Waals surface area contributed by atoms with Crippen molar-refractivity contribution >= 4 is 0 Å². The molecule has 0 aromatic carbocycles. The van der Waals surface area contributed by atoms with Crippen LogP contribution in [-0.2, 0) is 0 Å². The zero-order chi connectivity index (χ0) is 23.9. The van der Waals surface area contributed by atoms with Crippen molar-refractivity contribution in [1.29, 1.82) is 0 Å². The van der Waals surface area contributed by atoms with Gasteiger partial charge < -0.3 is 0 Å². The van der Waals surface area contributed by atoms with Gasteiger partial charge in [0.1, 0.15) is 0 Å². The van der Waals surface area contributed by atoms with Gasteiger partial charge in [-0.2, -0.15) is 43.9 Å². The summed E-state index contributed by atoms with van der Waals surface area (Å²) < 4.78 is 215. The highest BCUT2D eigenvalue weighted by atomic mass is 19.4. The fourth-order valence-electron chi connectivity index (χ4n) is 2.03. The van der Waals surface area contributed by atoms with Gasteiger partial charge in [-0.25, -0.2) is 30.7 Å². The largest absolute Gasteiger partial charge is 0.457 e. The molecule has 0 aromatic rings. The Morgan fingerprint density at radius 3 is 1.21 bits per heavy atom. The van der Waals surface area contributed by atoms with Crippen LogP contribution in [0.4, 0.5) is 74.6 Å². The van der Waals surface area contributed by atoms with E-state index in [0.29, 0.717) is 0 Å². The predicted octanol–water partition coefficient (Wildman–Crippen LogP) is 7.31. The van der Waals surface area contributed by atoms with E-state index < -0.39 is 73.1 Å². The summed E-state index contributed by atoms with van der Waals surface area (Å²) in [7, 11) is 0. The van der Waals surface area contributed by atoms with E-state index in [9.17, 15) is 74.6 Å². The lowest BCUT2D eigenvalue weighted by Gasteiger charge is -2.38. The van der Waals surface area contributed by atoms with Crippen LogP contribution in [0, 0.1) is 0 Å². The number of allylic oxidation sites excluding steroid dienone is 1. The van der Waals surface area contributed by atoms with E-state index >= 15 is 0 Å². The number of alkyl halides is 15. The van der Waals surface area contributed by atoms with Crippen molar-refractivity contribution in [3.8, 4) is 0 Å². The van der Waals surface area contributed by atoms with Crippen molar-refractivity contribution < 1.29 is 74.6 Å². The quantitative estimate of drug-likeness (QED) is 0.324. The first-order valence-electron chi connectivity index (χ1n) is 6.66. The average molecular weight is 474 g/mol. The van der Waals surface area contributed by atoms with E-state index in [1.54, 1.807) is 0 Å². The van der Waals surface area contributed by atoms with Gasteiger partial charge in [-0.3, -0.25) is 0 Å². The smallest absolute Gasteiger partial charge is 0.226 e. The number of hydrogen-bond donors (Lipinski definition) is 0. The minimum Gasteiger partial charge on any atom is -0.226 e. The minimum absolute atomic E-state index is 1.45. The molecule has 0 rings (SSSR count). The Bertz CT molecular complexity index is 591. The molecule has 0 nitrogen and oxygen atoms in total. The van der Waals surface area contributed by atoms with E-state index in [1.807, 2.05) is 0 Å². The molecular formula is C12H7F17. The molecule has 0 aliphatic rings. The van der Waals surface area contributed by atoms with Crippen molar-refractivity contribution in [2.75, 3.05) is 0 Å². The molecule has 0 aliphatic carbocycles. The van der Waals surface area contributed by atoms with E-state index in [4.69, 9.17) is 0 Å². The van der Waals surface area contributed by atoms with Crippen LogP contribution < -0.4 is 0 Å². The van der Waals surface area contributed by atoms with Gasteiger partial charge >= 0.3 is 18.3 Å². The van der Waals surface area contributed by atoms with Crippen LogP contribution in [-0.4, -0.2) is 41.7 Å². The van der Waals surface area contributed by atoms with Crippen LogP contribution in [0.2, 0.25) is 0 Å². The molecule has 0 amide bonds. The lowest BCUT2D eigenvalue weighted by molar-refractivity contribution is -0.392. The number of hydrogen-bond acceptors (Lipinski definition) is 0. The molecule has 0 aliphatic heterocycles. The van der Waals surface area contributed by atoms with Crippen molar-refractivity contribution in [3.63, 3.8) is 0 Å². The van der Waals surface area contributed by atoms with Crippen LogP contribution in [0.15, 0.2) is 12.2 Å². The Kier molecular flexibility index (Phi) is 7.28. The monoisotopic (exact) mass is 474 g/mol. The van der Waals surface area contributed by atoms with Crippen LogP contribution in [0.3, 0.4) is 0 Å². The van der Waals surface area contributed by atoms with E-state index in [1.165, 1.54) is 0 Å². The molecule has 1 unspecified atom stereocenters. The normalized spacial score (nSPS) is 17.1. The van der Waals surface area contributed by atoms with Crippen LogP contribution in [0.25, 0.3) is 0 Å². The summed E-state index contributed by atoms with van der Waals surface area (Å²) in [5.74, 6) is -24.4. The van der Waals surface area contributed by atoms with Gasteiger partial charge in [-0.05, 0) is 0 Å². The molecule has 1 atom stereocenters. The molecule has 17 heteroatoms. The Hall–Kier alpha value is -1.45. The van der Waals surface area contributed by atoms with Crippen molar-refractivity contribution in [2.45, 2.75) is 61.0 Å². The first-order valence-corrected chi connectivity index (χ1v) is 6.66. The molecule has 0 radical (unpaired) electrons. The molecule has 0 saturated heterocycles. The zero-order valence-corrected chi connectivity index (χ0v) is 13.1. The van der Waals surface area contributed by atoms with Crippen molar-refractivity contribution in [3.05, 3.63) is 12.2 Å². The predicted molar refractivity (Wildman–Crippen MR) is 59.9 cm³/mol. The van der Waals surface area contributed by atoms with Crippen LogP contribution >= 0.6 is 0 Å². The Labute approximate surface area is 149 Å².